The van der Waals surface area contributed by atoms with Gasteiger partial charge in [0.1, 0.15) is 11.4 Å². The summed E-state index contributed by atoms with van der Waals surface area (Å²) in [7, 11) is 0. The minimum Gasteiger partial charge on any atom is -0.487 e. The van der Waals surface area contributed by atoms with Gasteiger partial charge in [-0.15, -0.1) is 0 Å². The van der Waals surface area contributed by atoms with Gasteiger partial charge in [0.25, 0.3) is 0 Å². The van der Waals surface area contributed by atoms with Crippen molar-refractivity contribution in [1.29, 1.82) is 0 Å². The molecule has 1 fully saturated rings. The lowest BCUT2D eigenvalue weighted by Crippen LogP contribution is -2.42. The number of rotatable bonds is 0. The summed E-state index contributed by atoms with van der Waals surface area (Å²) in [5.74, 6) is 2.57. The average Bonchev–Trinajstić information content (AvgIpc) is 2.66. The number of hydrogen-bond donors (Lipinski definition) is 0. The molecular formula is C14H18O. The molecule has 3 rings (SSSR count). The van der Waals surface area contributed by atoms with Crippen molar-refractivity contribution in [2.24, 2.45) is 5.92 Å². The van der Waals surface area contributed by atoms with E-state index in [1.807, 2.05) is 0 Å². The van der Waals surface area contributed by atoms with Crippen molar-refractivity contribution in [1.82, 2.24) is 0 Å². The molecule has 0 N–H and O–H groups in total. The SMILES string of the molecule is CC1(C)Oc2ccccc2[C@@H]2CCC[C@@H]21. The second-order valence-corrected chi connectivity index (χ2v) is 5.39. The lowest BCUT2D eigenvalue weighted by Gasteiger charge is -2.42. The Balaban J connectivity index is 2.11. The maximum atomic E-state index is 6.13. The Labute approximate surface area is 91.5 Å². The van der Waals surface area contributed by atoms with E-state index in [1.54, 1.807) is 0 Å². The van der Waals surface area contributed by atoms with E-state index in [9.17, 15) is 0 Å². The van der Waals surface area contributed by atoms with Gasteiger partial charge in [0.05, 0.1) is 0 Å². The van der Waals surface area contributed by atoms with E-state index in [1.165, 1.54) is 24.8 Å². The number of benzene rings is 1. The van der Waals surface area contributed by atoms with Crippen LogP contribution in [-0.2, 0) is 0 Å². The van der Waals surface area contributed by atoms with E-state index in [-0.39, 0.29) is 5.60 Å². The summed E-state index contributed by atoms with van der Waals surface area (Å²) in [5, 5.41) is 0. The van der Waals surface area contributed by atoms with Crippen LogP contribution in [0.25, 0.3) is 0 Å². The first-order valence-electron chi connectivity index (χ1n) is 5.96. The number of hydrogen-bond acceptors (Lipinski definition) is 1. The Hall–Kier alpha value is -0.980. The van der Waals surface area contributed by atoms with Gasteiger partial charge in [0.15, 0.2) is 0 Å². The van der Waals surface area contributed by atoms with Crippen molar-refractivity contribution in [2.75, 3.05) is 0 Å². The van der Waals surface area contributed by atoms with Gasteiger partial charge in [0.2, 0.25) is 0 Å². The van der Waals surface area contributed by atoms with Crippen LogP contribution in [0.3, 0.4) is 0 Å². The van der Waals surface area contributed by atoms with E-state index in [0.717, 1.165) is 11.7 Å². The summed E-state index contributed by atoms with van der Waals surface area (Å²) in [6.45, 7) is 4.48. The number of fused-ring (bicyclic) bond motifs is 3. The van der Waals surface area contributed by atoms with Crippen molar-refractivity contribution >= 4 is 0 Å². The molecule has 2 atom stereocenters. The molecule has 15 heavy (non-hydrogen) atoms. The van der Waals surface area contributed by atoms with Crippen LogP contribution in [-0.4, -0.2) is 5.60 Å². The van der Waals surface area contributed by atoms with Crippen LogP contribution < -0.4 is 4.74 Å². The minimum absolute atomic E-state index is 0.0233. The Bertz CT molecular complexity index is 381. The van der Waals surface area contributed by atoms with Gasteiger partial charge in [-0.3, -0.25) is 0 Å². The first-order valence-corrected chi connectivity index (χ1v) is 5.96. The fourth-order valence-corrected chi connectivity index (χ4v) is 3.40. The lowest BCUT2D eigenvalue weighted by atomic mass is 9.76. The molecule has 1 saturated carbocycles. The molecule has 1 aliphatic heterocycles. The van der Waals surface area contributed by atoms with E-state index in [0.29, 0.717) is 5.92 Å². The Morgan fingerprint density at radius 1 is 1.20 bits per heavy atom. The first kappa shape index (κ1) is 9.26. The molecule has 2 aliphatic rings. The summed E-state index contributed by atoms with van der Waals surface area (Å²) in [5.41, 5.74) is 1.47. The van der Waals surface area contributed by atoms with Gasteiger partial charge in [-0.05, 0) is 44.2 Å². The highest BCUT2D eigenvalue weighted by molar-refractivity contribution is 5.40. The monoisotopic (exact) mass is 202 g/mol. The van der Waals surface area contributed by atoms with Crippen LogP contribution in [0.5, 0.6) is 5.75 Å². The standard InChI is InChI=1S/C14H18O/c1-14(2)12-8-5-7-10(12)11-6-3-4-9-13(11)15-14/h3-4,6,9-10,12H,5,7-8H2,1-2H3/t10-,12-/m0/s1. The summed E-state index contributed by atoms with van der Waals surface area (Å²) >= 11 is 0. The van der Waals surface area contributed by atoms with Crippen LogP contribution in [0, 0.1) is 5.92 Å². The highest BCUT2D eigenvalue weighted by atomic mass is 16.5. The summed E-state index contributed by atoms with van der Waals surface area (Å²) < 4.78 is 6.13. The molecule has 80 valence electrons. The summed E-state index contributed by atoms with van der Waals surface area (Å²) in [6.07, 6.45) is 4.02. The van der Waals surface area contributed by atoms with Crippen molar-refractivity contribution in [3.8, 4) is 5.75 Å². The largest absolute Gasteiger partial charge is 0.487 e. The molecule has 1 heterocycles. The third-order valence-electron chi connectivity index (χ3n) is 4.10. The molecule has 0 unspecified atom stereocenters. The lowest BCUT2D eigenvalue weighted by molar-refractivity contribution is 0.0202. The Kier molecular flexibility index (Phi) is 1.86. The van der Waals surface area contributed by atoms with E-state index >= 15 is 0 Å². The normalized spacial score (nSPS) is 31.6. The quantitative estimate of drug-likeness (QED) is 0.622. The fourth-order valence-electron chi connectivity index (χ4n) is 3.40. The van der Waals surface area contributed by atoms with Gasteiger partial charge in [-0.1, -0.05) is 24.6 Å². The van der Waals surface area contributed by atoms with Crippen molar-refractivity contribution < 1.29 is 4.74 Å². The van der Waals surface area contributed by atoms with Crippen LogP contribution >= 0.6 is 0 Å². The Morgan fingerprint density at radius 2 is 2.00 bits per heavy atom. The maximum Gasteiger partial charge on any atom is 0.123 e. The van der Waals surface area contributed by atoms with Crippen molar-refractivity contribution in [3.63, 3.8) is 0 Å². The zero-order chi connectivity index (χ0) is 10.5. The molecule has 0 aromatic heterocycles. The maximum absolute atomic E-state index is 6.13. The number of para-hydroxylation sites is 1. The zero-order valence-corrected chi connectivity index (χ0v) is 9.49. The van der Waals surface area contributed by atoms with E-state index in [2.05, 4.69) is 38.1 Å². The van der Waals surface area contributed by atoms with Gasteiger partial charge in [-0.25, -0.2) is 0 Å². The van der Waals surface area contributed by atoms with Gasteiger partial charge >= 0.3 is 0 Å². The highest BCUT2D eigenvalue weighted by Gasteiger charge is 2.45. The van der Waals surface area contributed by atoms with Crippen LogP contribution in [0.2, 0.25) is 0 Å². The van der Waals surface area contributed by atoms with Gasteiger partial charge < -0.3 is 4.74 Å². The molecule has 1 heteroatoms. The molecule has 0 spiro atoms. The van der Waals surface area contributed by atoms with Crippen molar-refractivity contribution in [3.05, 3.63) is 29.8 Å². The van der Waals surface area contributed by atoms with E-state index in [4.69, 9.17) is 4.74 Å². The second-order valence-electron chi connectivity index (χ2n) is 5.39. The van der Waals surface area contributed by atoms with Crippen LogP contribution in [0.1, 0.15) is 44.6 Å². The third kappa shape index (κ3) is 1.29. The fraction of sp³-hybridized carbons (Fsp3) is 0.571. The molecule has 1 nitrogen and oxygen atoms in total. The van der Waals surface area contributed by atoms with Crippen LogP contribution in [0.15, 0.2) is 24.3 Å². The topological polar surface area (TPSA) is 9.23 Å². The molecule has 0 bridgehead atoms. The van der Waals surface area contributed by atoms with Crippen LogP contribution in [0.4, 0.5) is 0 Å². The van der Waals surface area contributed by atoms with E-state index < -0.39 is 0 Å². The first-order chi connectivity index (χ1) is 7.18. The molecule has 1 aromatic rings. The molecule has 0 amide bonds. The van der Waals surface area contributed by atoms with Gasteiger partial charge in [0, 0.05) is 5.92 Å². The summed E-state index contributed by atoms with van der Waals surface area (Å²) in [6, 6.07) is 8.57. The predicted molar refractivity (Wildman–Crippen MR) is 61.2 cm³/mol. The zero-order valence-electron chi connectivity index (χ0n) is 9.49. The molecular weight excluding hydrogens is 184 g/mol. The minimum atomic E-state index is 0.0233. The average molecular weight is 202 g/mol. The molecule has 1 aliphatic carbocycles. The summed E-state index contributed by atoms with van der Waals surface area (Å²) in [4.78, 5) is 0. The smallest absolute Gasteiger partial charge is 0.123 e. The third-order valence-corrected chi connectivity index (χ3v) is 4.10. The molecule has 0 radical (unpaired) electrons. The highest BCUT2D eigenvalue weighted by Crippen LogP contribution is 2.52. The van der Waals surface area contributed by atoms with Crippen molar-refractivity contribution in [2.45, 2.75) is 44.6 Å². The second kappa shape index (κ2) is 3.01. The molecule has 1 aromatic carbocycles. The number of ether oxygens (including phenoxy) is 1. The Morgan fingerprint density at radius 3 is 2.87 bits per heavy atom. The molecule has 0 saturated heterocycles. The predicted octanol–water partition coefficient (Wildman–Crippen LogP) is 3.74. The van der Waals surface area contributed by atoms with Gasteiger partial charge in [-0.2, -0.15) is 0 Å².